The van der Waals surface area contributed by atoms with Crippen LogP contribution < -0.4 is 11.3 Å². The van der Waals surface area contributed by atoms with Crippen LogP contribution in [0, 0.1) is 5.92 Å². The Labute approximate surface area is 102 Å². The number of hydrogen-bond acceptors (Lipinski definition) is 5. The van der Waals surface area contributed by atoms with Crippen molar-refractivity contribution in [2.24, 2.45) is 11.8 Å². The van der Waals surface area contributed by atoms with Crippen molar-refractivity contribution in [3.63, 3.8) is 0 Å². The first kappa shape index (κ1) is 12.3. The molecule has 2 rings (SSSR count). The van der Waals surface area contributed by atoms with Crippen molar-refractivity contribution < 1.29 is 4.74 Å². The number of hydrogen-bond donors (Lipinski definition) is 2. The highest BCUT2D eigenvalue weighted by Crippen LogP contribution is 2.23. The first-order chi connectivity index (χ1) is 8.38. The summed E-state index contributed by atoms with van der Waals surface area (Å²) in [6.45, 7) is 1.38. The molecule has 0 radical (unpaired) electrons. The molecule has 1 aromatic rings. The fourth-order valence-corrected chi connectivity index (χ4v) is 2.19. The first-order valence-corrected chi connectivity index (χ1v) is 6.24. The number of aromatic nitrogens is 2. The highest BCUT2D eigenvalue weighted by molar-refractivity contribution is 5.28. The van der Waals surface area contributed by atoms with Gasteiger partial charge in [-0.05, 0) is 18.8 Å². The lowest BCUT2D eigenvalue weighted by atomic mass is 9.90. The molecule has 0 spiro atoms. The van der Waals surface area contributed by atoms with E-state index in [0.717, 1.165) is 18.2 Å². The van der Waals surface area contributed by atoms with Gasteiger partial charge >= 0.3 is 0 Å². The number of nitrogens with two attached hydrogens (primary N) is 1. The molecule has 1 aromatic heterocycles. The fraction of sp³-hybridized carbons (Fsp3) is 0.667. The molecule has 1 aliphatic carbocycles. The molecule has 1 saturated carbocycles. The molecule has 0 unspecified atom stereocenters. The largest absolute Gasteiger partial charge is 0.375 e. The van der Waals surface area contributed by atoms with Gasteiger partial charge in [0, 0.05) is 6.61 Å². The maximum atomic E-state index is 5.68. The molecule has 0 atom stereocenters. The van der Waals surface area contributed by atoms with Crippen molar-refractivity contribution in [1.82, 2.24) is 9.97 Å². The Morgan fingerprint density at radius 3 is 2.71 bits per heavy atom. The van der Waals surface area contributed by atoms with Gasteiger partial charge in [-0.25, -0.2) is 10.8 Å². The van der Waals surface area contributed by atoms with Crippen molar-refractivity contribution in [3.05, 3.63) is 18.1 Å². The van der Waals surface area contributed by atoms with Gasteiger partial charge in [0.05, 0.1) is 24.7 Å². The number of nitrogens with zero attached hydrogens (tertiary/aromatic N) is 2. The zero-order chi connectivity index (χ0) is 11.9. The quantitative estimate of drug-likeness (QED) is 0.603. The molecule has 5 nitrogen and oxygen atoms in total. The van der Waals surface area contributed by atoms with Crippen LogP contribution in [-0.2, 0) is 11.3 Å². The number of anilines is 1. The van der Waals surface area contributed by atoms with Crippen LogP contribution in [-0.4, -0.2) is 16.6 Å². The zero-order valence-electron chi connectivity index (χ0n) is 10.1. The number of rotatable bonds is 5. The topological polar surface area (TPSA) is 73.1 Å². The minimum Gasteiger partial charge on any atom is -0.375 e. The maximum Gasteiger partial charge on any atom is 0.158 e. The van der Waals surface area contributed by atoms with Gasteiger partial charge in [0.2, 0.25) is 0 Å². The van der Waals surface area contributed by atoms with E-state index in [9.17, 15) is 0 Å². The van der Waals surface area contributed by atoms with E-state index >= 15 is 0 Å². The number of nitrogens with one attached hydrogen (secondary N) is 1. The Hall–Kier alpha value is -1.20. The summed E-state index contributed by atoms with van der Waals surface area (Å²) >= 11 is 0. The third-order valence-electron chi connectivity index (χ3n) is 3.18. The number of ether oxygens (including phenoxy) is 1. The second-order valence-electron chi connectivity index (χ2n) is 4.56. The predicted molar refractivity (Wildman–Crippen MR) is 66.1 cm³/mol. The van der Waals surface area contributed by atoms with Gasteiger partial charge in [0.15, 0.2) is 5.82 Å². The Balaban J connectivity index is 1.69. The second kappa shape index (κ2) is 6.51. The van der Waals surface area contributed by atoms with Crippen LogP contribution in [0.25, 0.3) is 0 Å². The van der Waals surface area contributed by atoms with Gasteiger partial charge in [0.1, 0.15) is 0 Å². The summed E-state index contributed by atoms with van der Waals surface area (Å²) in [6, 6.07) is 0. The standard InChI is InChI=1S/C12H20N4O/c13-16-12-7-14-11(6-15-12)9-17-8-10-4-2-1-3-5-10/h6-7,10H,1-5,8-9,13H2,(H,15,16). The highest BCUT2D eigenvalue weighted by atomic mass is 16.5. The molecule has 17 heavy (non-hydrogen) atoms. The zero-order valence-corrected chi connectivity index (χ0v) is 10.1. The van der Waals surface area contributed by atoms with Crippen LogP contribution in [0.15, 0.2) is 12.4 Å². The Morgan fingerprint density at radius 1 is 1.24 bits per heavy atom. The minimum atomic E-state index is 0.536. The molecule has 5 heteroatoms. The highest BCUT2D eigenvalue weighted by Gasteiger charge is 2.13. The third kappa shape index (κ3) is 3.94. The van der Waals surface area contributed by atoms with Crippen molar-refractivity contribution in [3.8, 4) is 0 Å². The molecule has 94 valence electrons. The van der Waals surface area contributed by atoms with Crippen LogP contribution in [0.3, 0.4) is 0 Å². The number of nitrogen functional groups attached to an aromatic ring is 1. The fourth-order valence-electron chi connectivity index (χ4n) is 2.19. The average molecular weight is 236 g/mol. The van der Waals surface area contributed by atoms with E-state index in [0.29, 0.717) is 12.4 Å². The molecule has 1 aliphatic rings. The van der Waals surface area contributed by atoms with Gasteiger partial charge in [-0.3, -0.25) is 4.98 Å². The van der Waals surface area contributed by atoms with Crippen molar-refractivity contribution in [2.45, 2.75) is 38.7 Å². The lowest BCUT2D eigenvalue weighted by Gasteiger charge is -2.21. The lowest BCUT2D eigenvalue weighted by molar-refractivity contribution is 0.0719. The van der Waals surface area contributed by atoms with E-state index in [1.54, 1.807) is 12.4 Å². The monoisotopic (exact) mass is 236 g/mol. The maximum absolute atomic E-state index is 5.68. The molecule has 0 bridgehead atoms. The van der Waals surface area contributed by atoms with Crippen LogP contribution in [0.5, 0.6) is 0 Å². The van der Waals surface area contributed by atoms with Crippen molar-refractivity contribution in [1.29, 1.82) is 0 Å². The second-order valence-corrected chi connectivity index (χ2v) is 4.56. The van der Waals surface area contributed by atoms with Gasteiger partial charge in [-0.15, -0.1) is 0 Å². The molecule has 1 fully saturated rings. The lowest BCUT2D eigenvalue weighted by Crippen LogP contribution is -2.14. The number of hydrazine groups is 1. The predicted octanol–water partition coefficient (Wildman–Crippen LogP) is 1.86. The summed E-state index contributed by atoms with van der Waals surface area (Å²) in [5, 5.41) is 0. The Kier molecular flexibility index (Phi) is 4.70. The minimum absolute atomic E-state index is 0.536. The third-order valence-corrected chi connectivity index (χ3v) is 3.18. The molecule has 1 heterocycles. The normalized spacial score (nSPS) is 17.0. The van der Waals surface area contributed by atoms with Crippen LogP contribution >= 0.6 is 0 Å². The van der Waals surface area contributed by atoms with E-state index in [4.69, 9.17) is 10.6 Å². The Morgan fingerprint density at radius 2 is 2.06 bits per heavy atom. The molecule has 3 N–H and O–H groups in total. The van der Waals surface area contributed by atoms with Gasteiger partial charge in [0.25, 0.3) is 0 Å². The van der Waals surface area contributed by atoms with E-state index in [1.807, 2.05) is 0 Å². The van der Waals surface area contributed by atoms with E-state index < -0.39 is 0 Å². The smallest absolute Gasteiger partial charge is 0.158 e. The van der Waals surface area contributed by atoms with E-state index in [1.165, 1.54) is 32.1 Å². The SMILES string of the molecule is NNc1cnc(COCC2CCCCC2)cn1. The van der Waals surface area contributed by atoms with Gasteiger partial charge < -0.3 is 10.2 Å². The van der Waals surface area contributed by atoms with Crippen LogP contribution in [0.4, 0.5) is 5.82 Å². The first-order valence-electron chi connectivity index (χ1n) is 6.24. The summed E-state index contributed by atoms with van der Waals surface area (Å²) < 4.78 is 5.68. The average Bonchev–Trinajstić information content (AvgIpc) is 2.41. The Bertz CT molecular complexity index is 322. The molecular formula is C12H20N4O. The van der Waals surface area contributed by atoms with E-state index in [2.05, 4.69) is 15.4 Å². The molecule has 0 saturated heterocycles. The summed E-state index contributed by atoms with van der Waals surface area (Å²) in [5.74, 6) is 6.52. The molecule has 0 aliphatic heterocycles. The van der Waals surface area contributed by atoms with E-state index in [-0.39, 0.29) is 0 Å². The molecule has 0 aromatic carbocycles. The van der Waals surface area contributed by atoms with Gasteiger partial charge in [-0.1, -0.05) is 19.3 Å². The summed E-state index contributed by atoms with van der Waals surface area (Å²) in [7, 11) is 0. The van der Waals surface area contributed by atoms with Crippen LogP contribution in [0.2, 0.25) is 0 Å². The molecular weight excluding hydrogens is 216 g/mol. The molecule has 0 amide bonds. The van der Waals surface area contributed by atoms with Crippen LogP contribution in [0.1, 0.15) is 37.8 Å². The van der Waals surface area contributed by atoms with Crippen molar-refractivity contribution >= 4 is 5.82 Å². The summed E-state index contributed by atoms with van der Waals surface area (Å²) in [6.07, 6.45) is 10.0. The summed E-state index contributed by atoms with van der Waals surface area (Å²) in [4.78, 5) is 8.29. The van der Waals surface area contributed by atoms with Crippen molar-refractivity contribution in [2.75, 3.05) is 12.0 Å². The summed E-state index contributed by atoms with van der Waals surface area (Å²) in [5.41, 5.74) is 3.29. The van der Waals surface area contributed by atoms with Gasteiger partial charge in [-0.2, -0.15) is 0 Å².